The highest BCUT2D eigenvalue weighted by atomic mass is 16.1. The van der Waals surface area contributed by atoms with Crippen molar-refractivity contribution in [2.24, 2.45) is 5.92 Å². The van der Waals surface area contributed by atoms with E-state index in [0.29, 0.717) is 12.5 Å². The molecule has 0 aromatic rings. The zero-order valence-electron chi connectivity index (χ0n) is 9.97. The van der Waals surface area contributed by atoms with Crippen LogP contribution in [0.2, 0.25) is 0 Å². The Morgan fingerprint density at radius 2 is 2.13 bits per heavy atom. The summed E-state index contributed by atoms with van der Waals surface area (Å²) < 4.78 is 0. The highest BCUT2D eigenvalue weighted by Gasteiger charge is 2.06. The van der Waals surface area contributed by atoms with Gasteiger partial charge in [0.2, 0.25) is 5.91 Å². The van der Waals surface area contributed by atoms with Crippen LogP contribution in [-0.2, 0) is 4.79 Å². The molecule has 1 unspecified atom stereocenters. The fourth-order valence-electron chi connectivity index (χ4n) is 1.13. The molecule has 2 N–H and O–H groups in total. The second kappa shape index (κ2) is 8.31. The summed E-state index contributed by atoms with van der Waals surface area (Å²) in [6.45, 7) is 7.23. The minimum absolute atomic E-state index is 0.0137. The van der Waals surface area contributed by atoms with Gasteiger partial charge in [-0.05, 0) is 12.3 Å². The Labute approximate surface area is 93.0 Å². The van der Waals surface area contributed by atoms with Crippen molar-refractivity contribution < 1.29 is 4.79 Å². The first-order valence-corrected chi connectivity index (χ1v) is 5.56. The zero-order chi connectivity index (χ0) is 11.7. The predicted octanol–water partition coefficient (Wildman–Crippen LogP) is 1.15. The van der Waals surface area contributed by atoms with Crippen LogP contribution in [0, 0.1) is 18.3 Å². The molecule has 3 nitrogen and oxygen atoms in total. The molecule has 0 saturated heterocycles. The molecule has 0 aliphatic carbocycles. The molecule has 0 radical (unpaired) electrons. The Morgan fingerprint density at radius 3 is 2.60 bits per heavy atom. The number of nitrogens with one attached hydrogen (secondary N) is 2. The van der Waals surface area contributed by atoms with E-state index in [1.54, 1.807) is 0 Å². The van der Waals surface area contributed by atoms with Crippen LogP contribution in [0.1, 0.15) is 33.6 Å². The highest BCUT2D eigenvalue weighted by Crippen LogP contribution is 1.93. The quantitative estimate of drug-likeness (QED) is 0.619. The van der Waals surface area contributed by atoms with Crippen LogP contribution in [0.5, 0.6) is 0 Å². The van der Waals surface area contributed by atoms with Crippen molar-refractivity contribution in [1.82, 2.24) is 10.6 Å². The van der Waals surface area contributed by atoms with Crippen molar-refractivity contribution in [3.63, 3.8) is 0 Å². The third-order valence-electron chi connectivity index (χ3n) is 2.00. The Hall–Kier alpha value is -1.01. The van der Waals surface area contributed by atoms with Gasteiger partial charge in [-0.2, -0.15) is 0 Å². The number of amides is 1. The molecule has 1 amide bonds. The second-order valence-electron chi connectivity index (χ2n) is 4.09. The Bertz CT molecular complexity index is 218. The van der Waals surface area contributed by atoms with E-state index in [9.17, 15) is 4.79 Å². The SMILES string of the molecule is C#CC(CCC)NCC(=O)NCC(C)C. The van der Waals surface area contributed by atoms with Crippen LogP contribution in [0.15, 0.2) is 0 Å². The van der Waals surface area contributed by atoms with Gasteiger partial charge in [0, 0.05) is 6.54 Å². The molecule has 0 bridgehead atoms. The van der Waals surface area contributed by atoms with Crippen molar-refractivity contribution in [2.75, 3.05) is 13.1 Å². The van der Waals surface area contributed by atoms with E-state index in [-0.39, 0.29) is 11.9 Å². The number of hydrogen-bond acceptors (Lipinski definition) is 2. The number of terminal acetylenes is 1. The summed E-state index contributed by atoms with van der Waals surface area (Å²) >= 11 is 0. The average Bonchev–Trinajstić information content (AvgIpc) is 2.21. The lowest BCUT2D eigenvalue weighted by Gasteiger charge is -2.12. The summed E-state index contributed by atoms with van der Waals surface area (Å²) in [6.07, 6.45) is 7.26. The van der Waals surface area contributed by atoms with E-state index in [1.165, 1.54) is 0 Å². The lowest BCUT2D eigenvalue weighted by Crippen LogP contribution is -2.39. The van der Waals surface area contributed by atoms with E-state index in [0.717, 1.165) is 19.4 Å². The second-order valence-corrected chi connectivity index (χ2v) is 4.09. The van der Waals surface area contributed by atoms with E-state index >= 15 is 0 Å². The van der Waals surface area contributed by atoms with E-state index < -0.39 is 0 Å². The van der Waals surface area contributed by atoms with Crippen LogP contribution in [0.3, 0.4) is 0 Å². The van der Waals surface area contributed by atoms with Crippen molar-refractivity contribution in [3.8, 4) is 12.3 Å². The van der Waals surface area contributed by atoms with E-state index in [4.69, 9.17) is 6.42 Å². The van der Waals surface area contributed by atoms with Gasteiger partial charge in [-0.25, -0.2) is 0 Å². The van der Waals surface area contributed by atoms with E-state index in [2.05, 4.69) is 37.3 Å². The Morgan fingerprint density at radius 1 is 1.47 bits per heavy atom. The first-order chi connectivity index (χ1) is 7.10. The van der Waals surface area contributed by atoms with Gasteiger partial charge in [0.05, 0.1) is 12.6 Å². The minimum Gasteiger partial charge on any atom is -0.355 e. The molecule has 3 heteroatoms. The molecule has 0 aliphatic heterocycles. The summed E-state index contributed by atoms with van der Waals surface area (Å²) in [5, 5.41) is 5.88. The highest BCUT2D eigenvalue weighted by molar-refractivity contribution is 5.78. The molecule has 1 atom stereocenters. The van der Waals surface area contributed by atoms with Crippen molar-refractivity contribution in [2.45, 2.75) is 39.7 Å². The monoisotopic (exact) mass is 210 g/mol. The molecule has 0 fully saturated rings. The maximum absolute atomic E-state index is 11.3. The van der Waals surface area contributed by atoms with Crippen molar-refractivity contribution in [3.05, 3.63) is 0 Å². The molecule has 0 saturated carbocycles. The average molecular weight is 210 g/mol. The van der Waals surface area contributed by atoms with Gasteiger partial charge in [-0.3, -0.25) is 10.1 Å². The van der Waals surface area contributed by atoms with Gasteiger partial charge in [0.1, 0.15) is 0 Å². The minimum atomic E-state index is 0.0137. The third kappa shape index (κ3) is 8.02. The number of rotatable bonds is 7. The lowest BCUT2D eigenvalue weighted by molar-refractivity contribution is -0.120. The maximum Gasteiger partial charge on any atom is 0.234 e. The lowest BCUT2D eigenvalue weighted by atomic mass is 10.2. The van der Waals surface area contributed by atoms with Crippen LogP contribution < -0.4 is 10.6 Å². The third-order valence-corrected chi connectivity index (χ3v) is 2.00. The first kappa shape index (κ1) is 14.0. The molecule has 86 valence electrons. The number of carbonyl (C=O) groups excluding carboxylic acids is 1. The molecule has 0 aromatic heterocycles. The molecule has 0 aromatic carbocycles. The van der Waals surface area contributed by atoms with Gasteiger partial charge < -0.3 is 5.32 Å². The molecular weight excluding hydrogens is 188 g/mol. The molecular formula is C12H22N2O. The molecule has 0 rings (SSSR count). The number of carbonyl (C=O) groups is 1. The summed E-state index contributed by atoms with van der Waals surface area (Å²) in [6, 6.07) is 0.0137. The summed E-state index contributed by atoms with van der Waals surface area (Å²) in [5.74, 6) is 3.13. The maximum atomic E-state index is 11.3. The summed E-state index contributed by atoms with van der Waals surface area (Å²) in [5.41, 5.74) is 0. The summed E-state index contributed by atoms with van der Waals surface area (Å²) in [4.78, 5) is 11.3. The topological polar surface area (TPSA) is 41.1 Å². The van der Waals surface area contributed by atoms with Gasteiger partial charge in [0.15, 0.2) is 0 Å². The molecule has 0 heterocycles. The fourth-order valence-corrected chi connectivity index (χ4v) is 1.13. The van der Waals surface area contributed by atoms with Crippen LogP contribution in [0.25, 0.3) is 0 Å². The van der Waals surface area contributed by atoms with Gasteiger partial charge >= 0.3 is 0 Å². The van der Waals surface area contributed by atoms with Gasteiger partial charge in [0.25, 0.3) is 0 Å². The van der Waals surface area contributed by atoms with Crippen molar-refractivity contribution in [1.29, 1.82) is 0 Å². The standard InChI is InChI=1S/C12H22N2O/c1-5-7-11(6-2)13-9-12(15)14-8-10(3)4/h2,10-11,13H,5,7-9H2,1,3-4H3,(H,14,15). The Kier molecular flexibility index (Phi) is 7.75. The van der Waals surface area contributed by atoms with Gasteiger partial charge in [-0.1, -0.05) is 33.1 Å². The predicted molar refractivity (Wildman–Crippen MR) is 63.4 cm³/mol. The molecule has 0 spiro atoms. The molecule has 0 aliphatic rings. The Balaban J connectivity index is 3.65. The fraction of sp³-hybridized carbons (Fsp3) is 0.750. The normalized spacial score (nSPS) is 12.2. The largest absolute Gasteiger partial charge is 0.355 e. The van der Waals surface area contributed by atoms with Crippen LogP contribution in [-0.4, -0.2) is 25.0 Å². The van der Waals surface area contributed by atoms with Crippen LogP contribution in [0.4, 0.5) is 0 Å². The summed E-state index contributed by atoms with van der Waals surface area (Å²) in [7, 11) is 0. The zero-order valence-corrected chi connectivity index (χ0v) is 9.97. The van der Waals surface area contributed by atoms with E-state index in [1.807, 2.05) is 0 Å². The smallest absolute Gasteiger partial charge is 0.234 e. The van der Waals surface area contributed by atoms with Gasteiger partial charge in [-0.15, -0.1) is 6.42 Å². The number of hydrogen-bond donors (Lipinski definition) is 2. The first-order valence-electron chi connectivity index (χ1n) is 5.56. The van der Waals surface area contributed by atoms with Crippen molar-refractivity contribution >= 4 is 5.91 Å². The van der Waals surface area contributed by atoms with Crippen LogP contribution >= 0.6 is 0 Å². The molecule has 15 heavy (non-hydrogen) atoms.